The van der Waals surface area contributed by atoms with Crippen molar-refractivity contribution in [1.29, 1.82) is 0 Å². The van der Waals surface area contributed by atoms with Crippen LogP contribution in [0.5, 0.6) is 11.5 Å². The first-order chi connectivity index (χ1) is 11.1. The quantitative estimate of drug-likeness (QED) is 0.782. The van der Waals surface area contributed by atoms with E-state index in [0.717, 1.165) is 24.1 Å². The average Bonchev–Trinajstić information content (AvgIpc) is 2.57. The van der Waals surface area contributed by atoms with Crippen molar-refractivity contribution < 1.29 is 14.3 Å². The lowest BCUT2D eigenvalue weighted by Gasteiger charge is -2.14. The van der Waals surface area contributed by atoms with Gasteiger partial charge in [0.05, 0.1) is 20.6 Å². The Morgan fingerprint density at radius 2 is 1.91 bits per heavy atom. The highest BCUT2D eigenvalue weighted by atomic mass is 16.5. The Kier molecular flexibility index (Phi) is 6.51. The lowest BCUT2D eigenvalue weighted by molar-refractivity contribution is -0.120. The fourth-order valence-electron chi connectivity index (χ4n) is 2.94. The van der Waals surface area contributed by atoms with Crippen LogP contribution in [0.3, 0.4) is 0 Å². The van der Waals surface area contributed by atoms with Crippen LogP contribution in [0, 0.1) is 6.92 Å². The second-order valence-corrected chi connectivity index (χ2v) is 6.02. The van der Waals surface area contributed by atoms with Crippen molar-refractivity contribution in [3.63, 3.8) is 0 Å². The van der Waals surface area contributed by atoms with Gasteiger partial charge >= 0.3 is 0 Å². The number of aryl methyl sites for hydroxylation is 1. The van der Waals surface area contributed by atoms with Gasteiger partial charge in [0.25, 0.3) is 0 Å². The van der Waals surface area contributed by atoms with E-state index in [1.54, 1.807) is 14.2 Å². The van der Waals surface area contributed by atoms with Crippen LogP contribution in [-0.4, -0.2) is 26.7 Å². The van der Waals surface area contributed by atoms with Gasteiger partial charge in [-0.25, -0.2) is 0 Å². The van der Waals surface area contributed by atoms with Crippen molar-refractivity contribution in [1.82, 2.24) is 5.32 Å². The Bertz CT molecular complexity index is 578. The van der Waals surface area contributed by atoms with Crippen LogP contribution < -0.4 is 14.8 Å². The molecule has 1 aromatic rings. The van der Waals surface area contributed by atoms with Crippen molar-refractivity contribution in [2.75, 3.05) is 20.8 Å². The molecule has 2 rings (SSSR count). The number of hydrogen-bond acceptors (Lipinski definition) is 3. The summed E-state index contributed by atoms with van der Waals surface area (Å²) in [6, 6.07) is 3.80. The van der Waals surface area contributed by atoms with Gasteiger partial charge in [0.1, 0.15) is 0 Å². The number of ether oxygens (including phenoxy) is 2. The van der Waals surface area contributed by atoms with E-state index in [0.29, 0.717) is 17.9 Å². The molecule has 0 aromatic heterocycles. The zero-order chi connectivity index (χ0) is 16.7. The topological polar surface area (TPSA) is 47.6 Å². The molecular weight excluding hydrogens is 290 g/mol. The normalized spacial score (nSPS) is 14.1. The molecule has 0 heterocycles. The molecule has 1 amide bonds. The molecule has 1 aliphatic carbocycles. The van der Waals surface area contributed by atoms with Gasteiger partial charge in [-0.1, -0.05) is 11.6 Å². The predicted octanol–water partition coefficient (Wildman–Crippen LogP) is 3.56. The minimum atomic E-state index is 0.0525. The Labute approximate surface area is 138 Å². The molecule has 0 aliphatic heterocycles. The molecule has 1 N–H and O–H groups in total. The summed E-state index contributed by atoms with van der Waals surface area (Å²) in [6.45, 7) is 2.70. The van der Waals surface area contributed by atoms with Crippen LogP contribution in [0.15, 0.2) is 23.8 Å². The number of benzene rings is 1. The predicted molar refractivity (Wildman–Crippen MR) is 92.2 cm³/mol. The van der Waals surface area contributed by atoms with E-state index in [2.05, 4.69) is 11.4 Å². The van der Waals surface area contributed by atoms with E-state index in [-0.39, 0.29) is 5.91 Å². The van der Waals surface area contributed by atoms with Crippen LogP contribution in [0.25, 0.3) is 0 Å². The van der Waals surface area contributed by atoms with Crippen molar-refractivity contribution >= 4 is 5.91 Å². The first kappa shape index (κ1) is 17.4. The molecule has 1 aliphatic rings. The summed E-state index contributed by atoms with van der Waals surface area (Å²) in [4.78, 5) is 12.2. The SMILES string of the molecule is COc1cc(C)c(CC(=O)NCCC2=CCCCC2)cc1OC. The fourth-order valence-corrected chi connectivity index (χ4v) is 2.94. The largest absolute Gasteiger partial charge is 0.493 e. The first-order valence-corrected chi connectivity index (χ1v) is 8.30. The van der Waals surface area contributed by atoms with Crippen LogP contribution in [0.2, 0.25) is 0 Å². The molecule has 1 aromatic carbocycles. The Balaban J connectivity index is 1.88. The van der Waals surface area contributed by atoms with Crippen molar-refractivity contribution in [2.45, 2.75) is 45.4 Å². The molecule has 0 radical (unpaired) electrons. The number of nitrogens with one attached hydrogen (secondary N) is 1. The molecule has 0 bridgehead atoms. The summed E-state index contributed by atoms with van der Waals surface area (Å²) >= 11 is 0. The van der Waals surface area contributed by atoms with Crippen LogP contribution in [-0.2, 0) is 11.2 Å². The standard InChI is InChI=1S/C19H27NO3/c1-14-11-17(22-2)18(23-3)12-16(14)13-19(21)20-10-9-15-7-5-4-6-8-15/h7,11-12H,4-6,8-10,13H2,1-3H3,(H,20,21). The van der Waals surface area contributed by atoms with Gasteiger partial charge in [-0.3, -0.25) is 4.79 Å². The number of allylic oxidation sites excluding steroid dienone is 1. The molecule has 0 fully saturated rings. The van der Waals surface area contributed by atoms with Crippen LogP contribution in [0.1, 0.15) is 43.2 Å². The number of amides is 1. The highest BCUT2D eigenvalue weighted by molar-refractivity contribution is 5.79. The molecule has 4 nitrogen and oxygen atoms in total. The van der Waals surface area contributed by atoms with E-state index in [4.69, 9.17) is 9.47 Å². The summed E-state index contributed by atoms with van der Waals surface area (Å²) < 4.78 is 10.6. The second kappa shape index (κ2) is 8.61. The molecule has 0 saturated heterocycles. The van der Waals surface area contributed by atoms with E-state index >= 15 is 0 Å². The molecule has 126 valence electrons. The number of carbonyl (C=O) groups excluding carboxylic acids is 1. The summed E-state index contributed by atoms with van der Waals surface area (Å²) in [5.41, 5.74) is 3.49. The lowest BCUT2D eigenvalue weighted by atomic mass is 9.97. The number of rotatable bonds is 7. The molecule has 0 spiro atoms. The third-order valence-corrected chi connectivity index (χ3v) is 4.35. The van der Waals surface area contributed by atoms with Gasteiger partial charge in [0.2, 0.25) is 5.91 Å². The number of carbonyl (C=O) groups is 1. The average molecular weight is 317 g/mol. The molecule has 23 heavy (non-hydrogen) atoms. The van der Waals surface area contributed by atoms with Gasteiger partial charge in [0.15, 0.2) is 11.5 Å². The third-order valence-electron chi connectivity index (χ3n) is 4.35. The molecule has 0 unspecified atom stereocenters. The monoisotopic (exact) mass is 317 g/mol. The molecule has 0 saturated carbocycles. The van der Waals surface area contributed by atoms with E-state index < -0.39 is 0 Å². The highest BCUT2D eigenvalue weighted by Crippen LogP contribution is 2.30. The van der Waals surface area contributed by atoms with E-state index in [1.165, 1.54) is 31.3 Å². The summed E-state index contributed by atoms with van der Waals surface area (Å²) in [7, 11) is 3.22. The Morgan fingerprint density at radius 3 is 2.57 bits per heavy atom. The summed E-state index contributed by atoms with van der Waals surface area (Å²) in [5, 5.41) is 3.02. The maximum atomic E-state index is 12.2. The highest BCUT2D eigenvalue weighted by Gasteiger charge is 2.12. The van der Waals surface area contributed by atoms with Gasteiger partial charge < -0.3 is 14.8 Å². The van der Waals surface area contributed by atoms with Gasteiger partial charge in [-0.15, -0.1) is 0 Å². The smallest absolute Gasteiger partial charge is 0.224 e. The Hall–Kier alpha value is -1.97. The van der Waals surface area contributed by atoms with Crippen molar-refractivity contribution in [3.05, 3.63) is 34.9 Å². The minimum absolute atomic E-state index is 0.0525. The van der Waals surface area contributed by atoms with Gasteiger partial charge in [0, 0.05) is 6.54 Å². The molecular formula is C19H27NO3. The Morgan fingerprint density at radius 1 is 1.17 bits per heavy atom. The maximum Gasteiger partial charge on any atom is 0.224 e. The third kappa shape index (κ3) is 5.02. The van der Waals surface area contributed by atoms with Gasteiger partial charge in [-0.2, -0.15) is 0 Å². The molecule has 4 heteroatoms. The van der Waals surface area contributed by atoms with E-state index in [9.17, 15) is 4.79 Å². The first-order valence-electron chi connectivity index (χ1n) is 8.30. The van der Waals surface area contributed by atoms with Crippen molar-refractivity contribution in [2.24, 2.45) is 0 Å². The minimum Gasteiger partial charge on any atom is -0.493 e. The van der Waals surface area contributed by atoms with E-state index in [1.807, 2.05) is 19.1 Å². The second-order valence-electron chi connectivity index (χ2n) is 6.02. The summed E-state index contributed by atoms with van der Waals surface area (Å²) in [5.74, 6) is 1.41. The number of methoxy groups -OCH3 is 2. The van der Waals surface area contributed by atoms with Crippen molar-refractivity contribution in [3.8, 4) is 11.5 Å². The zero-order valence-corrected chi connectivity index (χ0v) is 14.4. The van der Waals surface area contributed by atoms with Crippen LogP contribution in [0.4, 0.5) is 0 Å². The van der Waals surface area contributed by atoms with Gasteiger partial charge in [-0.05, 0) is 62.3 Å². The summed E-state index contributed by atoms with van der Waals surface area (Å²) in [6.07, 6.45) is 8.62. The lowest BCUT2D eigenvalue weighted by Crippen LogP contribution is -2.26. The zero-order valence-electron chi connectivity index (χ0n) is 14.4. The fraction of sp³-hybridized carbons (Fsp3) is 0.526. The van der Waals surface area contributed by atoms with Crippen LogP contribution >= 0.6 is 0 Å². The number of hydrogen-bond donors (Lipinski definition) is 1. The maximum absolute atomic E-state index is 12.2. The molecule has 0 atom stereocenters.